The minimum Gasteiger partial charge on any atom is -0.481 e. The van der Waals surface area contributed by atoms with Crippen LogP contribution >= 0.6 is 0 Å². The highest BCUT2D eigenvalue weighted by Gasteiger charge is 2.39. The monoisotopic (exact) mass is 328 g/mol. The fraction of sp³-hybridized carbons (Fsp3) is 0.278. The van der Waals surface area contributed by atoms with Crippen LogP contribution in [0.25, 0.3) is 0 Å². The van der Waals surface area contributed by atoms with Crippen LogP contribution in [-0.4, -0.2) is 34.3 Å². The Hall–Kier alpha value is -2.89. The van der Waals surface area contributed by atoms with Crippen LogP contribution in [0.2, 0.25) is 0 Å². The fourth-order valence-corrected chi connectivity index (χ4v) is 2.59. The van der Waals surface area contributed by atoms with Gasteiger partial charge >= 0.3 is 5.97 Å². The molecule has 3 N–H and O–H groups in total. The number of hydrogen-bond donors (Lipinski definition) is 3. The van der Waals surface area contributed by atoms with Gasteiger partial charge in [0.25, 0.3) is 5.91 Å². The van der Waals surface area contributed by atoms with E-state index in [0.29, 0.717) is 17.5 Å². The third-order valence-electron chi connectivity index (χ3n) is 4.22. The lowest BCUT2D eigenvalue weighted by Crippen LogP contribution is -2.46. The number of carbonyl (C=O) groups excluding carboxylic acids is 2. The summed E-state index contributed by atoms with van der Waals surface area (Å²) in [5.74, 6) is -1.59. The first-order chi connectivity index (χ1) is 11.4. The molecule has 2 aromatic rings. The molecule has 6 nitrogen and oxygen atoms in total. The van der Waals surface area contributed by atoms with E-state index in [9.17, 15) is 19.5 Å². The predicted octanol–water partition coefficient (Wildman–Crippen LogP) is 2.38. The van der Waals surface area contributed by atoms with Crippen molar-refractivity contribution >= 4 is 17.7 Å². The largest absolute Gasteiger partial charge is 0.481 e. The molecule has 1 atom stereocenters. The topological polar surface area (TPSA) is 99.3 Å². The van der Waals surface area contributed by atoms with Gasteiger partial charge in [-0.05, 0) is 25.0 Å². The molecule has 0 fully saturated rings. The van der Waals surface area contributed by atoms with Crippen LogP contribution in [0, 0.1) is 0 Å². The fourth-order valence-electron chi connectivity index (χ4n) is 2.59. The number of hydrogen-bond acceptors (Lipinski definition) is 3. The number of aromatic amines is 1. The molecule has 0 saturated heterocycles. The van der Waals surface area contributed by atoms with Crippen molar-refractivity contribution < 1.29 is 19.5 Å². The second kappa shape index (κ2) is 7.12. The Kier molecular flexibility index (Phi) is 5.18. The lowest BCUT2D eigenvalue weighted by molar-refractivity contribution is -0.143. The van der Waals surface area contributed by atoms with Crippen LogP contribution in [0.3, 0.4) is 0 Å². The second-order valence-electron chi connectivity index (χ2n) is 5.65. The Morgan fingerprint density at radius 2 is 1.88 bits per heavy atom. The van der Waals surface area contributed by atoms with Crippen molar-refractivity contribution in [2.45, 2.75) is 25.7 Å². The normalized spacial score (nSPS) is 13.1. The van der Waals surface area contributed by atoms with Gasteiger partial charge in [-0.2, -0.15) is 0 Å². The van der Waals surface area contributed by atoms with Gasteiger partial charge in [0, 0.05) is 18.3 Å². The molecule has 0 aliphatic carbocycles. The third kappa shape index (κ3) is 3.37. The van der Waals surface area contributed by atoms with Crippen LogP contribution in [0.4, 0.5) is 0 Å². The minimum absolute atomic E-state index is 0.0455. The first-order valence-corrected chi connectivity index (χ1v) is 7.67. The van der Waals surface area contributed by atoms with E-state index in [1.807, 2.05) is 6.07 Å². The van der Waals surface area contributed by atoms with Crippen molar-refractivity contribution in [3.8, 4) is 0 Å². The molecule has 1 amide bonds. The summed E-state index contributed by atoms with van der Waals surface area (Å²) in [6.07, 6.45) is 1.79. The number of aromatic nitrogens is 1. The number of H-pyrrole nitrogens is 1. The Labute approximate surface area is 139 Å². The summed E-state index contributed by atoms with van der Waals surface area (Å²) in [6.45, 7) is 3.14. The number of ketones is 1. The molecule has 6 heteroatoms. The van der Waals surface area contributed by atoms with Crippen molar-refractivity contribution in [1.82, 2.24) is 10.3 Å². The average Bonchev–Trinajstić information content (AvgIpc) is 3.07. The quantitative estimate of drug-likeness (QED) is 0.679. The summed E-state index contributed by atoms with van der Waals surface area (Å²) in [4.78, 5) is 38.2. The van der Waals surface area contributed by atoms with E-state index in [1.54, 1.807) is 31.2 Å². The molecule has 1 unspecified atom stereocenters. The molecule has 0 bridgehead atoms. The third-order valence-corrected chi connectivity index (χ3v) is 4.22. The maximum atomic E-state index is 12.3. The van der Waals surface area contributed by atoms with Gasteiger partial charge in [-0.1, -0.05) is 37.3 Å². The van der Waals surface area contributed by atoms with E-state index in [4.69, 9.17) is 0 Å². The molecular formula is C18H20N2O4. The molecule has 0 aliphatic heterocycles. The number of aliphatic carboxylic acids is 1. The Morgan fingerprint density at radius 1 is 1.21 bits per heavy atom. The lowest BCUT2D eigenvalue weighted by atomic mass is 9.78. The molecule has 126 valence electrons. The number of amides is 1. The maximum absolute atomic E-state index is 12.3. The molecule has 1 aromatic heterocycles. The zero-order chi connectivity index (χ0) is 17.7. The van der Waals surface area contributed by atoms with Gasteiger partial charge < -0.3 is 15.4 Å². The van der Waals surface area contributed by atoms with Crippen molar-refractivity contribution in [3.05, 3.63) is 59.4 Å². The molecule has 1 aromatic carbocycles. The Balaban J connectivity index is 2.20. The molecule has 0 spiro atoms. The highest BCUT2D eigenvalue weighted by molar-refractivity contribution is 5.99. The highest BCUT2D eigenvalue weighted by Crippen LogP contribution is 2.28. The minimum atomic E-state index is -1.20. The van der Waals surface area contributed by atoms with Crippen molar-refractivity contribution in [2.24, 2.45) is 0 Å². The predicted molar refractivity (Wildman–Crippen MR) is 89.2 cm³/mol. The summed E-state index contributed by atoms with van der Waals surface area (Å²) in [7, 11) is 0. The van der Waals surface area contributed by atoms with Gasteiger partial charge in [-0.3, -0.25) is 14.4 Å². The van der Waals surface area contributed by atoms with Crippen LogP contribution in [0.5, 0.6) is 0 Å². The van der Waals surface area contributed by atoms with Crippen LogP contribution < -0.4 is 5.32 Å². The van der Waals surface area contributed by atoms with Gasteiger partial charge in [0.1, 0.15) is 11.1 Å². The van der Waals surface area contributed by atoms with E-state index >= 15 is 0 Å². The molecule has 0 saturated carbocycles. The number of Topliss-reactive ketones (excluding diaryl/α,β-unsaturated/α-hetero) is 1. The van der Waals surface area contributed by atoms with E-state index < -0.39 is 17.3 Å². The van der Waals surface area contributed by atoms with Gasteiger partial charge in [-0.25, -0.2) is 0 Å². The first-order valence-electron chi connectivity index (χ1n) is 7.67. The number of benzene rings is 1. The maximum Gasteiger partial charge on any atom is 0.315 e. The Morgan fingerprint density at radius 3 is 2.38 bits per heavy atom. The standard InChI is InChI=1S/C18H20N2O4/c1-3-18(17(23)24,14-7-5-4-6-8-14)11-20-16(22)15-9-13(10-19-15)12(2)21/h4-10,19H,3,11H2,1-2H3,(H,20,22)(H,23,24). The van der Waals surface area contributed by atoms with Gasteiger partial charge in [0.15, 0.2) is 5.78 Å². The molecule has 2 rings (SSSR count). The molecule has 0 radical (unpaired) electrons. The molecular weight excluding hydrogens is 308 g/mol. The van der Waals surface area contributed by atoms with E-state index in [1.165, 1.54) is 19.2 Å². The smallest absolute Gasteiger partial charge is 0.315 e. The average molecular weight is 328 g/mol. The van der Waals surface area contributed by atoms with Crippen LogP contribution in [-0.2, 0) is 10.2 Å². The number of nitrogens with one attached hydrogen (secondary N) is 2. The zero-order valence-corrected chi connectivity index (χ0v) is 13.6. The second-order valence-corrected chi connectivity index (χ2v) is 5.65. The van der Waals surface area contributed by atoms with Crippen LogP contribution in [0.1, 0.15) is 46.7 Å². The lowest BCUT2D eigenvalue weighted by Gasteiger charge is -2.29. The number of carbonyl (C=O) groups is 3. The van der Waals surface area contributed by atoms with Gasteiger partial charge in [0.05, 0.1) is 0 Å². The van der Waals surface area contributed by atoms with E-state index in [0.717, 1.165) is 0 Å². The molecule has 0 aliphatic rings. The number of rotatable bonds is 7. The first kappa shape index (κ1) is 17.5. The van der Waals surface area contributed by atoms with Crippen LogP contribution in [0.15, 0.2) is 42.6 Å². The Bertz CT molecular complexity index is 751. The number of carboxylic acids is 1. The zero-order valence-electron chi connectivity index (χ0n) is 13.6. The van der Waals surface area contributed by atoms with Gasteiger partial charge in [-0.15, -0.1) is 0 Å². The van der Waals surface area contributed by atoms with Crippen molar-refractivity contribution in [3.63, 3.8) is 0 Å². The SMILES string of the molecule is CCC(CNC(=O)c1cc(C(C)=O)c[nH]1)(C(=O)O)c1ccccc1. The summed E-state index contributed by atoms with van der Waals surface area (Å²) >= 11 is 0. The van der Waals surface area contributed by atoms with Gasteiger partial charge in [0.2, 0.25) is 0 Å². The molecule has 1 heterocycles. The van der Waals surface area contributed by atoms with Crippen molar-refractivity contribution in [2.75, 3.05) is 6.54 Å². The number of carboxylic acid groups (broad SMARTS) is 1. The summed E-state index contributed by atoms with van der Waals surface area (Å²) < 4.78 is 0. The summed E-state index contributed by atoms with van der Waals surface area (Å²) in [5, 5.41) is 12.4. The summed E-state index contributed by atoms with van der Waals surface area (Å²) in [5.41, 5.74) is 0.0653. The highest BCUT2D eigenvalue weighted by atomic mass is 16.4. The molecule has 24 heavy (non-hydrogen) atoms. The van der Waals surface area contributed by atoms with E-state index in [-0.39, 0.29) is 18.0 Å². The van der Waals surface area contributed by atoms with E-state index in [2.05, 4.69) is 10.3 Å². The van der Waals surface area contributed by atoms with Crippen molar-refractivity contribution in [1.29, 1.82) is 0 Å². The summed E-state index contributed by atoms with van der Waals surface area (Å²) in [6, 6.07) is 10.3.